The van der Waals surface area contributed by atoms with Gasteiger partial charge < -0.3 is 16.0 Å². The van der Waals surface area contributed by atoms with E-state index in [1.165, 1.54) is 0 Å². The first kappa shape index (κ1) is 17.7. The Bertz CT molecular complexity index is 234. The molecule has 6 N–H and O–H groups in total. The molecule has 0 spiro atoms. The number of nitrogens with two attached hydrogens (primary N) is 2. The van der Waals surface area contributed by atoms with Gasteiger partial charge in [0, 0.05) is 0 Å². The fraction of sp³-hybridized carbons (Fsp3) is 0.833. The molecule has 0 aliphatic heterocycles. The van der Waals surface area contributed by atoms with Crippen LogP contribution in [0, 0.1) is 0 Å². The van der Waals surface area contributed by atoms with Crippen LogP contribution in [0.15, 0.2) is 0 Å². The SMILES string of the molecule is NCCCC[C@H](N)C(=O)OP(=O)(O)O.[MgH2]. The molecule has 0 heterocycles. The van der Waals surface area contributed by atoms with Gasteiger partial charge in [-0.3, -0.25) is 9.79 Å². The van der Waals surface area contributed by atoms with Crippen molar-refractivity contribution in [2.75, 3.05) is 6.54 Å². The van der Waals surface area contributed by atoms with E-state index in [2.05, 4.69) is 4.52 Å². The largest absolute Gasteiger partial charge is 0.527 e. The third-order valence-corrected chi connectivity index (χ3v) is 1.90. The molecule has 88 valence electrons. The Morgan fingerprint density at radius 1 is 1.40 bits per heavy atom. The number of rotatable bonds is 6. The number of carbonyl (C=O) groups excluding carboxylic acids is 1. The molecule has 0 fully saturated rings. The first-order valence-electron chi connectivity index (χ1n) is 4.11. The molecular formula is C6H17MgN2O5P. The van der Waals surface area contributed by atoms with Crippen molar-refractivity contribution in [3.63, 3.8) is 0 Å². The van der Waals surface area contributed by atoms with Crippen molar-refractivity contribution in [3.8, 4) is 0 Å². The second-order valence-corrected chi connectivity index (χ2v) is 3.96. The summed E-state index contributed by atoms with van der Waals surface area (Å²) in [5.74, 6) is -1.09. The lowest BCUT2D eigenvalue weighted by Gasteiger charge is -2.10. The van der Waals surface area contributed by atoms with Gasteiger partial charge in [0.25, 0.3) is 0 Å². The van der Waals surface area contributed by atoms with Gasteiger partial charge in [0.15, 0.2) is 0 Å². The van der Waals surface area contributed by atoms with Gasteiger partial charge in [0.2, 0.25) is 0 Å². The molecule has 0 aliphatic carbocycles. The number of phosphoric ester groups is 1. The van der Waals surface area contributed by atoms with E-state index in [0.29, 0.717) is 25.8 Å². The summed E-state index contributed by atoms with van der Waals surface area (Å²) in [4.78, 5) is 27.5. The van der Waals surface area contributed by atoms with E-state index in [1.54, 1.807) is 0 Å². The van der Waals surface area contributed by atoms with Crippen LogP contribution < -0.4 is 11.5 Å². The molecule has 0 aromatic rings. The second-order valence-electron chi connectivity index (χ2n) is 2.79. The highest BCUT2D eigenvalue weighted by atomic mass is 31.2. The Morgan fingerprint density at radius 3 is 2.33 bits per heavy atom. The average molecular weight is 252 g/mol. The quantitative estimate of drug-likeness (QED) is 0.248. The van der Waals surface area contributed by atoms with Gasteiger partial charge in [0.05, 0.1) is 0 Å². The van der Waals surface area contributed by atoms with E-state index in [-0.39, 0.29) is 23.1 Å². The van der Waals surface area contributed by atoms with Crippen molar-refractivity contribution < 1.29 is 23.7 Å². The van der Waals surface area contributed by atoms with Crippen molar-refractivity contribution in [2.45, 2.75) is 25.3 Å². The molecule has 0 aromatic heterocycles. The monoisotopic (exact) mass is 252 g/mol. The Kier molecular flexibility index (Phi) is 9.98. The van der Waals surface area contributed by atoms with Gasteiger partial charge in [-0.25, -0.2) is 9.36 Å². The third kappa shape index (κ3) is 10.6. The molecule has 0 saturated carbocycles. The minimum Gasteiger partial charge on any atom is -0.369 e. The van der Waals surface area contributed by atoms with Gasteiger partial charge in [-0.05, 0) is 19.4 Å². The van der Waals surface area contributed by atoms with Crippen LogP contribution in [0.25, 0.3) is 0 Å². The third-order valence-electron chi connectivity index (χ3n) is 1.48. The molecule has 1 atom stereocenters. The van der Waals surface area contributed by atoms with Crippen molar-refractivity contribution in [1.29, 1.82) is 0 Å². The van der Waals surface area contributed by atoms with Crippen molar-refractivity contribution >= 4 is 36.8 Å². The van der Waals surface area contributed by atoms with Gasteiger partial charge >= 0.3 is 36.8 Å². The van der Waals surface area contributed by atoms with E-state index >= 15 is 0 Å². The first-order valence-corrected chi connectivity index (χ1v) is 5.64. The Hall–Kier alpha value is 0.306. The van der Waals surface area contributed by atoms with Crippen LogP contribution >= 0.6 is 7.82 Å². The summed E-state index contributed by atoms with van der Waals surface area (Å²) in [7, 11) is -4.77. The minimum atomic E-state index is -4.77. The molecule has 0 aliphatic rings. The van der Waals surface area contributed by atoms with E-state index in [9.17, 15) is 9.36 Å². The van der Waals surface area contributed by atoms with E-state index in [1.807, 2.05) is 0 Å². The van der Waals surface area contributed by atoms with Gasteiger partial charge in [-0.1, -0.05) is 6.42 Å². The average Bonchev–Trinajstić information content (AvgIpc) is 2.01. The lowest BCUT2D eigenvalue weighted by molar-refractivity contribution is -0.137. The summed E-state index contributed by atoms with van der Waals surface area (Å²) in [6.45, 7) is 0.486. The lowest BCUT2D eigenvalue weighted by Crippen LogP contribution is -2.31. The summed E-state index contributed by atoms with van der Waals surface area (Å²) in [6.07, 6.45) is 1.63. The molecular weight excluding hydrogens is 235 g/mol. The topological polar surface area (TPSA) is 136 Å². The second kappa shape index (κ2) is 8.46. The molecule has 0 amide bonds. The highest BCUT2D eigenvalue weighted by molar-refractivity contribution is 7.46. The predicted octanol–water partition coefficient (Wildman–Crippen LogP) is -1.84. The Labute approximate surface area is 104 Å². The van der Waals surface area contributed by atoms with Crippen LogP contribution in [0.2, 0.25) is 0 Å². The number of carbonyl (C=O) groups is 1. The maximum absolute atomic E-state index is 10.9. The van der Waals surface area contributed by atoms with Gasteiger partial charge in [0.1, 0.15) is 6.04 Å². The highest BCUT2D eigenvalue weighted by Gasteiger charge is 2.24. The molecule has 0 radical (unpaired) electrons. The summed E-state index contributed by atoms with van der Waals surface area (Å²) < 4.78 is 14.1. The molecule has 0 rings (SSSR count). The smallest absolute Gasteiger partial charge is 0.369 e. The Morgan fingerprint density at radius 2 is 1.93 bits per heavy atom. The van der Waals surface area contributed by atoms with Crippen molar-refractivity contribution in [3.05, 3.63) is 0 Å². The molecule has 0 unspecified atom stereocenters. The zero-order valence-electron chi connectivity index (χ0n) is 7.63. The van der Waals surface area contributed by atoms with E-state index < -0.39 is 19.8 Å². The summed E-state index contributed by atoms with van der Waals surface area (Å²) in [5, 5.41) is 0. The Balaban J connectivity index is 0. The molecule has 7 nitrogen and oxygen atoms in total. The summed E-state index contributed by atoms with van der Waals surface area (Å²) in [6, 6.07) is -1.01. The molecule has 0 bridgehead atoms. The summed E-state index contributed by atoms with van der Waals surface area (Å²) >= 11 is 0. The molecule has 0 saturated heterocycles. The zero-order valence-corrected chi connectivity index (χ0v) is 8.52. The zero-order chi connectivity index (χ0) is 11.2. The molecule has 15 heavy (non-hydrogen) atoms. The van der Waals surface area contributed by atoms with Crippen LogP contribution in [-0.4, -0.2) is 51.4 Å². The lowest BCUT2D eigenvalue weighted by atomic mass is 10.1. The maximum atomic E-state index is 10.9. The van der Waals surface area contributed by atoms with E-state index in [0.717, 1.165) is 0 Å². The standard InChI is InChI=1S/C6H15N2O5P.Mg.2H/c7-4-2-1-3-5(8)6(9)13-14(10,11)12;;;/h5H,1-4,7-8H2,(H2,10,11,12);;;/t5-;;;/m0.../s1. The number of hydrogen-bond acceptors (Lipinski definition) is 5. The fourth-order valence-electron chi connectivity index (χ4n) is 0.811. The minimum absolute atomic E-state index is 0. The van der Waals surface area contributed by atoms with E-state index in [4.69, 9.17) is 21.3 Å². The van der Waals surface area contributed by atoms with Gasteiger partial charge in [-0.2, -0.15) is 0 Å². The highest BCUT2D eigenvalue weighted by Crippen LogP contribution is 2.36. The van der Waals surface area contributed by atoms with Gasteiger partial charge in [-0.15, -0.1) is 0 Å². The van der Waals surface area contributed by atoms with Crippen LogP contribution in [0.5, 0.6) is 0 Å². The normalized spacial score (nSPS) is 12.8. The predicted molar refractivity (Wildman–Crippen MR) is 57.6 cm³/mol. The van der Waals surface area contributed by atoms with Crippen molar-refractivity contribution in [2.24, 2.45) is 11.5 Å². The van der Waals surface area contributed by atoms with Crippen LogP contribution in [0.1, 0.15) is 19.3 Å². The molecule has 9 heteroatoms. The van der Waals surface area contributed by atoms with Crippen LogP contribution in [0.4, 0.5) is 0 Å². The van der Waals surface area contributed by atoms with Crippen LogP contribution in [-0.2, 0) is 13.9 Å². The summed E-state index contributed by atoms with van der Waals surface area (Å²) in [5.41, 5.74) is 10.5. The number of phosphoric acid groups is 1. The number of unbranched alkanes of at least 4 members (excludes halogenated alkanes) is 1. The van der Waals surface area contributed by atoms with Crippen molar-refractivity contribution in [1.82, 2.24) is 0 Å². The van der Waals surface area contributed by atoms with Crippen LogP contribution in [0.3, 0.4) is 0 Å². The maximum Gasteiger partial charge on any atom is 0.527 e. The number of hydrogen-bond donors (Lipinski definition) is 4. The first-order chi connectivity index (χ1) is 6.37. The fourth-order valence-corrected chi connectivity index (χ4v) is 1.18. The molecule has 0 aromatic carbocycles.